The van der Waals surface area contributed by atoms with Crippen molar-refractivity contribution in [1.82, 2.24) is 0 Å². The summed E-state index contributed by atoms with van der Waals surface area (Å²) in [6, 6.07) is 0. The van der Waals surface area contributed by atoms with Crippen LogP contribution < -0.4 is 0 Å². The highest BCUT2D eigenvalue weighted by Crippen LogP contribution is 0.755. The molecule has 0 aliphatic carbocycles. The summed E-state index contributed by atoms with van der Waals surface area (Å²) in [4.78, 5) is 0. The molecule has 0 bridgehead atoms. The fourth-order valence-corrected chi connectivity index (χ4v) is 0. The maximum Gasteiger partial charge on any atom is 0.0319 e. The Morgan fingerprint density at radius 3 is 1.25 bits per heavy atom. The zero-order chi connectivity index (χ0) is 2.00. The molecule has 0 aromatic heterocycles. The summed E-state index contributed by atoms with van der Waals surface area (Å²) in [5.41, 5.74) is 0. The minimum Gasteiger partial charge on any atom is -0.412 e. The molecule has 3 N–H and O–H groups in total. The van der Waals surface area contributed by atoms with Gasteiger partial charge in [0, 0.05) is 7.11 Å². The van der Waals surface area contributed by atoms with Gasteiger partial charge in [-0.3, -0.25) is 0 Å². The Balaban J connectivity index is -0.00000000500. The fraction of sp³-hybridized carbons (Fsp3) is 1.00. The molecule has 0 radical (unpaired) electrons. The topological polar surface area (TPSA) is 51.7 Å². The third-order valence-corrected chi connectivity index (χ3v) is 0. The van der Waals surface area contributed by atoms with Crippen LogP contribution in [0.4, 0.5) is 0 Å². The lowest BCUT2D eigenvalue weighted by Gasteiger charge is -1.21. The molecule has 0 amide bonds. The molecule has 0 aliphatic heterocycles. The van der Waals surface area contributed by atoms with Gasteiger partial charge in [-0.05, 0) is 0 Å². The molecule has 0 aromatic rings. The van der Waals surface area contributed by atoms with Crippen LogP contribution in [0.5, 0.6) is 0 Å². The molecule has 2 nitrogen and oxygen atoms in total. The lowest BCUT2D eigenvalue weighted by molar-refractivity contribution is 0.399. The third kappa shape index (κ3) is 73.4. The van der Waals surface area contributed by atoms with E-state index in [4.69, 9.17) is 5.11 Å². The summed E-state index contributed by atoms with van der Waals surface area (Å²) in [5, 5.41) is 7.00. The first kappa shape index (κ1) is 29.6. The van der Waals surface area contributed by atoms with Gasteiger partial charge < -0.3 is 10.6 Å². The molecule has 0 rings (SSSR count). The van der Waals surface area contributed by atoms with Crippen molar-refractivity contribution in [1.29, 1.82) is 0 Å². The highest BCUT2D eigenvalue weighted by Gasteiger charge is 0.839. The van der Waals surface area contributed by atoms with E-state index in [1.807, 2.05) is 0 Å². The Bertz CT molecular complexity index is 6.00. The number of hydrogen-bond donors (Lipinski definition) is 1. The Labute approximate surface area is 31.2 Å². The summed E-state index contributed by atoms with van der Waals surface area (Å²) < 4.78 is 0. The molecule has 0 heterocycles. The van der Waals surface area contributed by atoms with E-state index in [0.29, 0.717) is 0 Å². The van der Waals surface area contributed by atoms with E-state index in [0.717, 1.165) is 7.11 Å². The van der Waals surface area contributed by atoms with Crippen molar-refractivity contribution in [3.63, 3.8) is 0 Å². The fourth-order valence-electron chi connectivity index (χ4n) is 0. The number of aliphatic hydroxyl groups excluding tert-OH is 1. The highest BCUT2D eigenvalue weighted by atomic mass is 35.5. The summed E-state index contributed by atoms with van der Waals surface area (Å²) >= 11 is 0. The SMILES string of the molecule is CO.Cl.O. The summed E-state index contributed by atoms with van der Waals surface area (Å²) in [7, 11) is 1.00. The van der Waals surface area contributed by atoms with Crippen LogP contribution in [0, 0.1) is 0 Å². The number of halogens is 1. The van der Waals surface area contributed by atoms with Crippen molar-refractivity contribution >= 4 is 12.4 Å². The van der Waals surface area contributed by atoms with Crippen LogP contribution in [0.2, 0.25) is 0 Å². The first-order chi connectivity index (χ1) is 1.00. The monoisotopic (exact) mass is 86.0 g/mol. The van der Waals surface area contributed by atoms with E-state index in [2.05, 4.69) is 0 Å². The molecule has 0 fully saturated rings. The summed E-state index contributed by atoms with van der Waals surface area (Å²) in [6.07, 6.45) is 0. The Kier molecular flexibility index (Phi) is 2630. The van der Waals surface area contributed by atoms with Crippen molar-refractivity contribution in [3.05, 3.63) is 0 Å². The van der Waals surface area contributed by atoms with E-state index >= 15 is 0 Å². The number of aliphatic hydroxyl groups is 1. The first-order valence-corrected chi connectivity index (χ1v) is 0.447. The second kappa shape index (κ2) is 356. The highest BCUT2D eigenvalue weighted by molar-refractivity contribution is 5.85. The van der Waals surface area contributed by atoms with Crippen molar-refractivity contribution in [2.75, 3.05) is 7.11 Å². The van der Waals surface area contributed by atoms with Gasteiger partial charge in [0.15, 0.2) is 0 Å². The largest absolute Gasteiger partial charge is 0.412 e. The van der Waals surface area contributed by atoms with Crippen LogP contribution in [-0.4, -0.2) is 17.7 Å². The molecule has 0 saturated heterocycles. The van der Waals surface area contributed by atoms with Gasteiger partial charge in [0.2, 0.25) is 0 Å². The van der Waals surface area contributed by atoms with E-state index in [-0.39, 0.29) is 17.9 Å². The predicted octanol–water partition coefficient (Wildman–Crippen LogP) is -0.794. The molecule has 30 valence electrons. The van der Waals surface area contributed by atoms with Gasteiger partial charge >= 0.3 is 0 Å². The van der Waals surface area contributed by atoms with E-state index in [1.54, 1.807) is 0 Å². The Morgan fingerprint density at radius 1 is 1.25 bits per heavy atom. The smallest absolute Gasteiger partial charge is 0.0319 e. The summed E-state index contributed by atoms with van der Waals surface area (Å²) in [5.74, 6) is 0. The van der Waals surface area contributed by atoms with Crippen molar-refractivity contribution in [2.24, 2.45) is 0 Å². The van der Waals surface area contributed by atoms with Gasteiger partial charge in [-0.15, -0.1) is 12.4 Å². The van der Waals surface area contributed by atoms with E-state index in [9.17, 15) is 0 Å². The van der Waals surface area contributed by atoms with Gasteiger partial charge in [0.25, 0.3) is 0 Å². The maximum absolute atomic E-state index is 7.00. The van der Waals surface area contributed by atoms with Crippen LogP contribution in [0.3, 0.4) is 0 Å². The second-order valence-corrected chi connectivity index (χ2v) is 0. The van der Waals surface area contributed by atoms with Crippen molar-refractivity contribution in [2.45, 2.75) is 0 Å². The molecular formula is CH7ClO2. The normalized spacial score (nSPS) is 1.50. The molecule has 0 spiro atoms. The molecule has 0 saturated carbocycles. The summed E-state index contributed by atoms with van der Waals surface area (Å²) in [6.45, 7) is 0. The molecule has 0 unspecified atom stereocenters. The lowest BCUT2D eigenvalue weighted by Crippen LogP contribution is -1.25. The van der Waals surface area contributed by atoms with Gasteiger partial charge in [-0.1, -0.05) is 0 Å². The van der Waals surface area contributed by atoms with E-state index < -0.39 is 0 Å². The van der Waals surface area contributed by atoms with Crippen molar-refractivity contribution < 1.29 is 10.6 Å². The van der Waals surface area contributed by atoms with Gasteiger partial charge in [0.05, 0.1) is 0 Å². The van der Waals surface area contributed by atoms with Gasteiger partial charge in [-0.25, -0.2) is 0 Å². The number of hydrogen-bond acceptors (Lipinski definition) is 1. The van der Waals surface area contributed by atoms with Gasteiger partial charge in [0.1, 0.15) is 0 Å². The minimum absolute atomic E-state index is 0. The Hall–Kier alpha value is 0.210. The first-order valence-electron chi connectivity index (χ1n) is 0.447. The minimum atomic E-state index is 0. The molecule has 4 heavy (non-hydrogen) atoms. The van der Waals surface area contributed by atoms with Crippen LogP contribution in [-0.2, 0) is 0 Å². The molecule has 3 heteroatoms. The second-order valence-electron chi connectivity index (χ2n) is 0. The standard InChI is InChI=1S/CH4O.ClH.H2O/c1-2;;/h2H,1H3;1H;1H2. The van der Waals surface area contributed by atoms with Gasteiger partial charge in [-0.2, -0.15) is 0 Å². The Morgan fingerprint density at radius 2 is 1.25 bits per heavy atom. The predicted molar refractivity (Wildman–Crippen MR) is 19.0 cm³/mol. The molecule has 0 atom stereocenters. The van der Waals surface area contributed by atoms with Crippen LogP contribution in [0.25, 0.3) is 0 Å². The molecule has 0 aliphatic rings. The zero-order valence-electron chi connectivity index (χ0n) is 2.36. The zero-order valence-corrected chi connectivity index (χ0v) is 3.17. The van der Waals surface area contributed by atoms with Crippen LogP contribution in [0.15, 0.2) is 0 Å². The molecule has 0 aromatic carbocycles. The molecular weight excluding hydrogens is 79.5 g/mol. The average molecular weight is 86.5 g/mol. The van der Waals surface area contributed by atoms with Crippen LogP contribution >= 0.6 is 12.4 Å². The number of rotatable bonds is 0. The van der Waals surface area contributed by atoms with Crippen molar-refractivity contribution in [3.8, 4) is 0 Å². The quantitative estimate of drug-likeness (QED) is 0.413. The lowest BCUT2D eigenvalue weighted by atomic mass is 11.8. The van der Waals surface area contributed by atoms with E-state index in [1.165, 1.54) is 0 Å². The maximum atomic E-state index is 7.00. The average Bonchev–Trinajstić information content (AvgIpc) is 1.00. The van der Waals surface area contributed by atoms with Crippen LogP contribution in [0.1, 0.15) is 0 Å². The third-order valence-electron chi connectivity index (χ3n) is 0.